The van der Waals surface area contributed by atoms with Crippen LogP contribution < -0.4 is 4.74 Å². The minimum atomic E-state index is -0.687. The van der Waals surface area contributed by atoms with Crippen LogP contribution in [-0.4, -0.2) is 24.2 Å². The number of hydrogen-bond acceptors (Lipinski definition) is 4. The third-order valence-electron chi connectivity index (χ3n) is 2.88. The molecule has 1 aromatic carbocycles. The first-order chi connectivity index (χ1) is 8.79. The minimum Gasteiger partial charge on any atom is -0.473 e. The molecule has 0 radical (unpaired) electrons. The average molecular weight is 241 g/mol. The maximum Gasteiger partial charge on any atom is 0.351 e. The van der Waals surface area contributed by atoms with Gasteiger partial charge in [-0.1, -0.05) is 12.1 Å². The van der Waals surface area contributed by atoms with E-state index in [4.69, 9.17) is 4.74 Å². The second-order valence-electron chi connectivity index (χ2n) is 3.98. The van der Waals surface area contributed by atoms with Gasteiger partial charge in [-0.05, 0) is 24.3 Å². The van der Waals surface area contributed by atoms with E-state index in [1.807, 2.05) is 30.3 Å². The first kappa shape index (κ1) is 10.8. The summed E-state index contributed by atoms with van der Waals surface area (Å²) in [7, 11) is 1.35. The molecule has 0 spiro atoms. The van der Waals surface area contributed by atoms with Crippen LogP contribution in [0, 0.1) is 0 Å². The Labute approximate surface area is 104 Å². The van der Waals surface area contributed by atoms with E-state index in [1.54, 1.807) is 12.3 Å². The Morgan fingerprint density at radius 2 is 2.22 bits per heavy atom. The van der Waals surface area contributed by atoms with Crippen LogP contribution in [0.4, 0.5) is 0 Å². The van der Waals surface area contributed by atoms with Crippen LogP contribution in [0.15, 0.2) is 36.5 Å². The summed E-state index contributed by atoms with van der Waals surface area (Å²) in [6.45, 7) is 0. The number of methoxy groups -OCH3 is 1. The maximum atomic E-state index is 11.5. The standard InChI is InChI=1S/C14H11NO3/c1-17-14(16)12-7-6-9-8-15-11-5-3-2-4-10(11)13(9)18-12/h2-8,12H,1H3. The Hall–Kier alpha value is -2.36. The fourth-order valence-electron chi connectivity index (χ4n) is 1.98. The normalized spacial score (nSPS) is 17.1. The Morgan fingerprint density at radius 1 is 1.39 bits per heavy atom. The second-order valence-corrected chi connectivity index (χ2v) is 3.98. The van der Waals surface area contributed by atoms with Crippen molar-refractivity contribution in [1.29, 1.82) is 0 Å². The van der Waals surface area contributed by atoms with E-state index in [0.29, 0.717) is 5.75 Å². The molecule has 0 N–H and O–H groups in total. The molecule has 90 valence electrons. The van der Waals surface area contributed by atoms with Crippen LogP contribution >= 0.6 is 0 Å². The van der Waals surface area contributed by atoms with Crippen molar-refractivity contribution in [3.05, 3.63) is 42.1 Å². The summed E-state index contributed by atoms with van der Waals surface area (Å²) >= 11 is 0. The van der Waals surface area contributed by atoms with Crippen LogP contribution in [0.2, 0.25) is 0 Å². The number of benzene rings is 1. The van der Waals surface area contributed by atoms with Crippen LogP contribution in [0.1, 0.15) is 5.56 Å². The molecule has 0 saturated carbocycles. The van der Waals surface area contributed by atoms with Crippen molar-refractivity contribution in [1.82, 2.24) is 4.98 Å². The third kappa shape index (κ3) is 1.62. The van der Waals surface area contributed by atoms with E-state index in [-0.39, 0.29) is 0 Å². The zero-order valence-corrected chi connectivity index (χ0v) is 9.79. The molecule has 1 unspecified atom stereocenters. The number of ether oxygens (including phenoxy) is 2. The zero-order chi connectivity index (χ0) is 12.5. The van der Waals surface area contributed by atoms with E-state index in [0.717, 1.165) is 16.5 Å². The lowest BCUT2D eigenvalue weighted by Crippen LogP contribution is -2.28. The molecular weight excluding hydrogens is 230 g/mol. The minimum absolute atomic E-state index is 0.405. The smallest absolute Gasteiger partial charge is 0.351 e. The van der Waals surface area contributed by atoms with Crippen molar-refractivity contribution < 1.29 is 14.3 Å². The van der Waals surface area contributed by atoms with E-state index in [9.17, 15) is 4.79 Å². The molecule has 0 amide bonds. The number of esters is 1. The van der Waals surface area contributed by atoms with Crippen LogP contribution in [0.5, 0.6) is 5.75 Å². The molecule has 2 heterocycles. The molecule has 0 bridgehead atoms. The summed E-state index contributed by atoms with van der Waals surface area (Å²) in [5.74, 6) is 0.274. The van der Waals surface area contributed by atoms with Gasteiger partial charge in [0.25, 0.3) is 0 Å². The number of nitrogens with zero attached hydrogens (tertiary/aromatic N) is 1. The highest BCUT2D eigenvalue weighted by atomic mass is 16.6. The number of carbonyl (C=O) groups excluding carboxylic acids is 1. The molecule has 2 aromatic rings. The molecule has 4 heteroatoms. The van der Waals surface area contributed by atoms with Gasteiger partial charge >= 0.3 is 5.97 Å². The monoisotopic (exact) mass is 241 g/mol. The van der Waals surface area contributed by atoms with Crippen molar-refractivity contribution in [2.24, 2.45) is 0 Å². The molecule has 0 saturated heterocycles. The number of para-hydroxylation sites is 1. The third-order valence-corrected chi connectivity index (χ3v) is 2.88. The summed E-state index contributed by atoms with van der Waals surface area (Å²) in [6.07, 6.45) is 4.56. The number of pyridine rings is 1. The molecule has 1 aliphatic rings. The molecule has 1 aliphatic heterocycles. The van der Waals surface area contributed by atoms with Gasteiger partial charge in [-0.3, -0.25) is 4.98 Å². The van der Waals surface area contributed by atoms with Crippen molar-refractivity contribution >= 4 is 22.9 Å². The summed E-state index contributed by atoms with van der Waals surface area (Å²) in [5, 5.41) is 0.897. The van der Waals surface area contributed by atoms with Gasteiger partial charge in [-0.25, -0.2) is 4.79 Å². The Morgan fingerprint density at radius 3 is 3.06 bits per heavy atom. The van der Waals surface area contributed by atoms with Gasteiger partial charge in [0.1, 0.15) is 5.75 Å². The fraction of sp³-hybridized carbons (Fsp3) is 0.143. The predicted octanol–water partition coefficient (Wildman–Crippen LogP) is 2.18. The van der Waals surface area contributed by atoms with Gasteiger partial charge in [0.05, 0.1) is 12.6 Å². The Balaban J connectivity index is 2.12. The van der Waals surface area contributed by atoms with E-state index < -0.39 is 12.1 Å². The first-order valence-electron chi connectivity index (χ1n) is 5.60. The highest BCUT2D eigenvalue weighted by Crippen LogP contribution is 2.33. The van der Waals surface area contributed by atoms with E-state index in [2.05, 4.69) is 9.72 Å². The van der Waals surface area contributed by atoms with Crippen LogP contribution in [0.25, 0.3) is 17.0 Å². The summed E-state index contributed by atoms with van der Waals surface area (Å²) < 4.78 is 10.4. The lowest BCUT2D eigenvalue weighted by Gasteiger charge is -2.20. The van der Waals surface area contributed by atoms with Crippen LogP contribution in [0.3, 0.4) is 0 Å². The second kappa shape index (κ2) is 4.14. The van der Waals surface area contributed by atoms with Crippen molar-refractivity contribution in [3.8, 4) is 5.75 Å². The SMILES string of the molecule is COC(=O)C1C=Cc2cnc3ccccc3c2O1. The highest BCUT2D eigenvalue weighted by molar-refractivity contribution is 5.91. The van der Waals surface area contributed by atoms with Gasteiger partial charge < -0.3 is 9.47 Å². The molecule has 3 rings (SSSR count). The topological polar surface area (TPSA) is 48.4 Å². The van der Waals surface area contributed by atoms with Crippen molar-refractivity contribution in [3.63, 3.8) is 0 Å². The Kier molecular flexibility index (Phi) is 2.48. The Bertz CT molecular complexity index is 649. The van der Waals surface area contributed by atoms with Crippen molar-refractivity contribution in [2.75, 3.05) is 7.11 Å². The van der Waals surface area contributed by atoms with Gasteiger partial charge in [0, 0.05) is 17.1 Å². The lowest BCUT2D eigenvalue weighted by atomic mass is 10.1. The van der Waals surface area contributed by atoms with E-state index >= 15 is 0 Å². The summed E-state index contributed by atoms with van der Waals surface area (Å²) in [4.78, 5) is 15.8. The van der Waals surface area contributed by atoms with Gasteiger partial charge in [-0.15, -0.1) is 0 Å². The molecule has 1 atom stereocenters. The van der Waals surface area contributed by atoms with E-state index in [1.165, 1.54) is 7.11 Å². The largest absolute Gasteiger partial charge is 0.473 e. The maximum absolute atomic E-state index is 11.5. The number of rotatable bonds is 1. The predicted molar refractivity (Wildman–Crippen MR) is 67.2 cm³/mol. The highest BCUT2D eigenvalue weighted by Gasteiger charge is 2.24. The molecule has 1 aromatic heterocycles. The molecular formula is C14H11NO3. The number of fused-ring (bicyclic) bond motifs is 3. The molecule has 18 heavy (non-hydrogen) atoms. The number of aromatic nitrogens is 1. The number of hydrogen-bond donors (Lipinski definition) is 0. The fourth-order valence-corrected chi connectivity index (χ4v) is 1.98. The summed E-state index contributed by atoms with van der Waals surface area (Å²) in [5.41, 5.74) is 1.71. The zero-order valence-electron chi connectivity index (χ0n) is 9.79. The molecule has 0 fully saturated rings. The van der Waals surface area contributed by atoms with Gasteiger partial charge in [-0.2, -0.15) is 0 Å². The first-order valence-corrected chi connectivity index (χ1v) is 5.60. The van der Waals surface area contributed by atoms with Gasteiger partial charge in [0.2, 0.25) is 6.10 Å². The van der Waals surface area contributed by atoms with Gasteiger partial charge in [0.15, 0.2) is 0 Å². The molecule has 4 nitrogen and oxygen atoms in total. The quantitative estimate of drug-likeness (QED) is 0.718. The van der Waals surface area contributed by atoms with Crippen molar-refractivity contribution in [2.45, 2.75) is 6.10 Å². The lowest BCUT2D eigenvalue weighted by molar-refractivity contribution is -0.146. The summed E-state index contributed by atoms with van der Waals surface area (Å²) in [6, 6.07) is 7.66. The molecule has 0 aliphatic carbocycles. The number of carbonyl (C=O) groups is 1. The van der Waals surface area contributed by atoms with Crippen LogP contribution in [-0.2, 0) is 9.53 Å². The average Bonchev–Trinajstić information content (AvgIpc) is 2.45.